The van der Waals surface area contributed by atoms with E-state index < -0.39 is 0 Å². The van der Waals surface area contributed by atoms with Crippen LogP contribution in [0.5, 0.6) is 0 Å². The Morgan fingerprint density at radius 3 is 2.33 bits per heavy atom. The molecule has 0 spiro atoms. The summed E-state index contributed by atoms with van der Waals surface area (Å²) in [5, 5.41) is 0. The number of hydrogen-bond acceptors (Lipinski definition) is 5. The average molecular weight is 298 g/mol. The molecule has 21 heavy (non-hydrogen) atoms. The Balaban J connectivity index is 1.99. The van der Waals surface area contributed by atoms with Gasteiger partial charge in [-0.3, -0.25) is 9.59 Å². The van der Waals surface area contributed by atoms with Crippen molar-refractivity contribution < 1.29 is 23.8 Å². The Hall–Kier alpha value is -1.10. The van der Waals surface area contributed by atoms with E-state index in [1.807, 2.05) is 0 Å². The van der Waals surface area contributed by atoms with E-state index in [0.717, 1.165) is 25.7 Å². The summed E-state index contributed by atoms with van der Waals surface area (Å²) in [5.74, 6) is -0.479. The number of rotatable bonds is 5. The van der Waals surface area contributed by atoms with Crippen LogP contribution in [0, 0.1) is 5.41 Å². The van der Waals surface area contributed by atoms with E-state index >= 15 is 0 Å². The molecule has 0 aromatic rings. The fraction of sp³-hybridized carbons (Fsp3) is 0.875. The molecular weight excluding hydrogens is 272 g/mol. The van der Waals surface area contributed by atoms with Crippen LogP contribution in [-0.2, 0) is 23.8 Å². The maximum atomic E-state index is 11.2. The first kappa shape index (κ1) is 16.3. The molecule has 120 valence electrons. The molecule has 1 aliphatic carbocycles. The summed E-state index contributed by atoms with van der Waals surface area (Å²) in [4.78, 5) is 22.0. The first-order valence-corrected chi connectivity index (χ1v) is 7.63. The zero-order valence-corrected chi connectivity index (χ0v) is 13.7. The third-order valence-corrected chi connectivity index (χ3v) is 4.97. The lowest BCUT2D eigenvalue weighted by atomic mass is 9.61. The van der Waals surface area contributed by atoms with Crippen molar-refractivity contribution >= 4 is 11.9 Å². The Kier molecular flexibility index (Phi) is 4.08. The van der Waals surface area contributed by atoms with Gasteiger partial charge in [0.1, 0.15) is 11.7 Å². The molecule has 0 radical (unpaired) electrons. The predicted octanol–water partition coefficient (Wildman–Crippen LogP) is 2.61. The summed E-state index contributed by atoms with van der Waals surface area (Å²) in [6.45, 7) is 9.73. The highest BCUT2D eigenvalue weighted by Crippen LogP contribution is 2.67. The second kappa shape index (κ2) is 5.27. The van der Waals surface area contributed by atoms with E-state index in [1.54, 1.807) is 0 Å². The summed E-state index contributed by atoms with van der Waals surface area (Å²) in [6.07, 6.45) is 3.11. The predicted molar refractivity (Wildman–Crippen MR) is 76.7 cm³/mol. The smallest absolute Gasteiger partial charge is 0.302 e. The second-order valence-electron chi connectivity index (χ2n) is 7.13. The zero-order chi connectivity index (χ0) is 15.9. The lowest BCUT2D eigenvalue weighted by Crippen LogP contribution is -2.48. The fourth-order valence-electron chi connectivity index (χ4n) is 4.17. The summed E-state index contributed by atoms with van der Waals surface area (Å²) in [7, 11) is 0. The van der Waals surface area contributed by atoms with E-state index in [4.69, 9.17) is 14.2 Å². The second-order valence-corrected chi connectivity index (χ2v) is 7.13. The van der Waals surface area contributed by atoms with E-state index in [0.29, 0.717) is 6.61 Å². The molecule has 3 atom stereocenters. The molecule has 1 saturated heterocycles. The molecule has 5 heteroatoms. The molecule has 1 saturated carbocycles. The largest absolute Gasteiger partial charge is 0.466 e. The molecule has 2 rings (SSSR count). The van der Waals surface area contributed by atoms with Crippen LogP contribution in [0.3, 0.4) is 0 Å². The molecule has 0 aromatic carbocycles. The van der Waals surface area contributed by atoms with Gasteiger partial charge in [-0.2, -0.15) is 0 Å². The van der Waals surface area contributed by atoms with Gasteiger partial charge >= 0.3 is 11.9 Å². The van der Waals surface area contributed by atoms with Gasteiger partial charge in [0.25, 0.3) is 0 Å². The van der Waals surface area contributed by atoms with E-state index in [-0.39, 0.29) is 34.7 Å². The highest BCUT2D eigenvalue weighted by atomic mass is 16.6. The molecule has 1 aliphatic heterocycles. The first-order chi connectivity index (χ1) is 9.62. The lowest BCUT2D eigenvalue weighted by Gasteiger charge is -2.41. The maximum absolute atomic E-state index is 11.2. The van der Waals surface area contributed by atoms with Crippen molar-refractivity contribution in [3.63, 3.8) is 0 Å². The van der Waals surface area contributed by atoms with Gasteiger partial charge in [0.15, 0.2) is 0 Å². The fourth-order valence-corrected chi connectivity index (χ4v) is 4.17. The third-order valence-electron chi connectivity index (χ3n) is 4.97. The lowest BCUT2D eigenvalue weighted by molar-refractivity contribution is -0.150. The highest BCUT2D eigenvalue weighted by Gasteiger charge is 2.75. The number of epoxide rings is 1. The summed E-state index contributed by atoms with van der Waals surface area (Å²) in [5.41, 5.74) is -0.516. The summed E-state index contributed by atoms with van der Waals surface area (Å²) >= 11 is 0. The number of carbonyl (C=O) groups is 2. The van der Waals surface area contributed by atoms with Crippen LogP contribution in [0.1, 0.15) is 60.3 Å². The Labute approximate surface area is 126 Å². The number of carbonyl (C=O) groups excluding carboxylic acids is 2. The Morgan fingerprint density at radius 2 is 1.81 bits per heavy atom. The summed E-state index contributed by atoms with van der Waals surface area (Å²) < 4.78 is 16.6. The van der Waals surface area contributed by atoms with Crippen molar-refractivity contribution in [1.82, 2.24) is 0 Å². The zero-order valence-electron chi connectivity index (χ0n) is 13.7. The molecule has 1 heterocycles. The van der Waals surface area contributed by atoms with Gasteiger partial charge in [-0.15, -0.1) is 0 Å². The molecule has 2 aliphatic rings. The van der Waals surface area contributed by atoms with Crippen molar-refractivity contribution in [1.29, 1.82) is 0 Å². The number of fused-ring (bicyclic) bond motifs is 1. The van der Waals surface area contributed by atoms with Crippen LogP contribution >= 0.6 is 0 Å². The van der Waals surface area contributed by atoms with Gasteiger partial charge in [0.2, 0.25) is 0 Å². The number of hydrogen-bond donors (Lipinski definition) is 0. The standard InChI is InChI=1S/C16H26O5/c1-11(17)19-8-6-7-16-14(3,4)9-13(20-12(2)18)10-15(16,5)21-16/h13H,6-10H2,1-5H3/t13-,15-,16+/m0/s1. The molecular formula is C16H26O5. The normalized spacial score (nSPS) is 36.5. The summed E-state index contributed by atoms with van der Waals surface area (Å²) in [6, 6.07) is 0. The van der Waals surface area contributed by atoms with Gasteiger partial charge < -0.3 is 14.2 Å². The number of esters is 2. The molecule has 0 aromatic heterocycles. The van der Waals surface area contributed by atoms with E-state index in [9.17, 15) is 9.59 Å². The molecule has 0 amide bonds. The molecule has 0 unspecified atom stereocenters. The van der Waals surface area contributed by atoms with Gasteiger partial charge in [-0.05, 0) is 26.2 Å². The monoisotopic (exact) mass is 298 g/mol. The SMILES string of the molecule is CC(=O)OCCC[C@]12O[C@@]1(C)C[C@@H](OC(C)=O)CC2(C)C. The molecule has 0 bridgehead atoms. The average Bonchev–Trinajstić information content (AvgIpc) is 2.90. The van der Waals surface area contributed by atoms with Gasteiger partial charge in [0, 0.05) is 25.7 Å². The van der Waals surface area contributed by atoms with Crippen LogP contribution in [-0.4, -0.2) is 35.9 Å². The first-order valence-electron chi connectivity index (χ1n) is 7.63. The minimum Gasteiger partial charge on any atom is -0.466 e. The van der Waals surface area contributed by atoms with Crippen molar-refractivity contribution in [2.75, 3.05) is 6.61 Å². The van der Waals surface area contributed by atoms with Crippen LogP contribution < -0.4 is 0 Å². The highest BCUT2D eigenvalue weighted by molar-refractivity contribution is 5.66. The molecule has 5 nitrogen and oxygen atoms in total. The molecule has 2 fully saturated rings. The van der Waals surface area contributed by atoms with E-state index in [2.05, 4.69) is 20.8 Å². The van der Waals surface area contributed by atoms with Crippen molar-refractivity contribution in [2.24, 2.45) is 5.41 Å². The quantitative estimate of drug-likeness (QED) is 0.443. The van der Waals surface area contributed by atoms with Crippen LogP contribution in [0.25, 0.3) is 0 Å². The Bertz CT molecular complexity index is 444. The topological polar surface area (TPSA) is 65.1 Å². The minimum atomic E-state index is -0.246. The van der Waals surface area contributed by atoms with Crippen LogP contribution in [0.2, 0.25) is 0 Å². The van der Waals surface area contributed by atoms with Gasteiger partial charge in [0.05, 0.1) is 12.2 Å². The van der Waals surface area contributed by atoms with Crippen LogP contribution in [0.4, 0.5) is 0 Å². The number of ether oxygens (including phenoxy) is 3. The van der Waals surface area contributed by atoms with Crippen molar-refractivity contribution in [3.8, 4) is 0 Å². The van der Waals surface area contributed by atoms with Crippen molar-refractivity contribution in [3.05, 3.63) is 0 Å². The van der Waals surface area contributed by atoms with Crippen LogP contribution in [0.15, 0.2) is 0 Å². The maximum Gasteiger partial charge on any atom is 0.302 e. The molecule has 0 N–H and O–H groups in total. The minimum absolute atomic E-state index is 0.0731. The van der Waals surface area contributed by atoms with E-state index in [1.165, 1.54) is 13.8 Å². The third kappa shape index (κ3) is 2.93. The van der Waals surface area contributed by atoms with Crippen molar-refractivity contribution in [2.45, 2.75) is 77.6 Å². The van der Waals surface area contributed by atoms with Gasteiger partial charge in [-0.25, -0.2) is 0 Å². The Morgan fingerprint density at radius 1 is 1.14 bits per heavy atom. The van der Waals surface area contributed by atoms with Gasteiger partial charge in [-0.1, -0.05) is 13.8 Å².